The number of rotatable bonds is 8. The fourth-order valence-corrected chi connectivity index (χ4v) is 5.07. The minimum absolute atomic E-state index is 0.136. The average molecular weight is 430 g/mol. The fourth-order valence-electron chi connectivity index (χ4n) is 2.46. The average Bonchev–Trinajstić information content (AvgIpc) is 3.03. The van der Waals surface area contributed by atoms with Gasteiger partial charge in [-0.15, -0.1) is 17.9 Å². The van der Waals surface area contributed by atoms with Crippen LogP contribution < -0.4 is 10.5 Å². The quantitative estimate of drug-likeness (QED) is 0.490. The number of aromatic nitrogens is 1. The molecule has 2 unspecified atom stereocenters. The number of nitrogens with two attached hydrogens (primary N) is 1. The Kier molecular flexibility index (Phi) is 6.99. The highest BCUT2D eigenvalue weighted by Gasteiger charge is 2.27. The van der Waals surface area contributed by atoms with E-state index in [9.17, 15) is 13.2 Å². The number of thiazole rings is 1. The number of halogens is 1. The molecule has 1 aromatic carbocycles. The number of carbonyl (C=O) groups excluding carboxylic acids is 1. The molecule has 0 bridgehead atoms. The normalized spacial score (nSPS) is 13.6. The van der Waals surface area contributed by atoms with Crippen molar-refractivity contribution in [2.45, 2.75) is 31.7 Å². The van der Waals surface area contributed by atoms with E-state index >= 15 is 0 Å². The van der Waals surface area contributed by atoms with Crippen molar-refractivity contribution in [3.8, 4) is 0 Å². The van der Waals surface area contributed by atoms with Crippen LogP contribution in [-0.2, 0) is 26.1 Å². The minimum atomic E-state index is -3.89. The van der Waals surface area contributed by atoms with E-state index in [1.165, 1.54) is 13.0 Å². The molecule has 146 valence electrons. The highest BCUT2D eigenvalue weighted by atomic mass is 35.5. The number of esters is 1. The summed E-state index contributed by atoms with van der Waals surface area (Å²) in [7, 11) is -3.89. The molecule has 0 radical (unpaired) electrons. The molecule has 0 spiro atoms. The molecule has 0 saturated heterocycles. The van der Waals surface area contributed by atoms with Gasteiger partial charge in [0, 0.05) is 23.9 Å². The van der Waals surface area contributed by atoms with Crippen LogP contribution in [0.25, 0.3) is 0 Å². The van der Waals surface area contributed by atoms with E-state index in [0.717, 1.165) is 11.3 Å². The van der Waals surface area contributed by atoms with Crippen molar-refractivity contribution in [3.05, 3.63) is 58.1 Å². The topological polar surface area (TPSA) is 111 Å². The van der Waals surface area contributed by atoms with Gasteiger partial charge in [-0.1, -0.05) is 23.7 Å². The summed E-state index contributed by atoms with van der Waals surface area (Å²) in [5, 5.41) is 1.23. The SMILES string of the molecule is C=CC(c1ccc(Cl)cc1CN)S(=O)(=O)Nc1nc(C(C)OC(C)=O)cs1. The molecule has 1 heterocycles. The molecule has 0 aliphatic carbocycles. The number of ether oxygens (including phenoxy) is 1. The third-order valence-corrected chi connectivity index (χ3v) is 6.42. The zero-order valence-electron chi connectivity index (χ0n) is 14.8. The van der Waals surface area contributed by atoms with Gasteiger partial charge in [-0.05, 0) is 30.2 Å². The lowest BCUT2D eigenvalue weighted by molar-refractivity contribution is -0.145. The summed E-state index contributed by atoms with van der Waals surface area (Å²) in [6, 6.07) is 4.85. The largest absolute Gasteiger partial charge is 0.456 e. The summed E-state index contributed by atoms with van der Waals surface area (Å²) in [5.41, 5.74) is 7.29. The molecule has 3 N–H and O–H groups in total. The molecular formula is C17H20ClN3O4S2. The second-order valence-corrected chi connectivity index (χ2v) is 8.78. The Morgan fingerprint density at radius 1 is 1.52 bits per heavy atom. The summed E-state index contributed by atoms with van der Waals surface area (Å²) in [6.07, 6.45) is 0.744. The molecule has 0 aliphatic rings. The first-order chi connectivity index (χ1) is 12.7. The summed E-state index contributed by atoms with van der Waals surface area (Å²) >= 11 is 7.06. The number of nitrogens with one attached hydrogen (secondary N) is 1. The molecular weight excluding hydrogens is 410 g/mol. The third kappa shape index (κ3) is 5.29. The highest BCUT2D eigenvalue weighted by Crippen LogP contribution is 2.31. The molecule has 1 aromatic heterocycles. The van der Waals surface area contributed by atoms with E-state index in [-0.39, 0.29) is 11.7 Å². The molecule has 0 fully saturated rings. The van der Waals surface area contributed by atoms with Crippen molar-refractivity contribution in [3.63, 3.8) is 0 Å². The van der Waals surface area contributed by atoms with Gasteiger partial charge in [0.25, 0.3) is 0 Å². The van der Waals surface area contributed by atoms with Gasteiger partial charge >= 0.3 is 5.97 Å². The van der Waals surface area contributed by atoms with Gasteiger partial charge in [-0.2, -0.15) is 0 Å². The number of nitrogens with zero attached hydrogens (tertiary/aromatic N) is 1. The van der Waals surface area contributed by atoms with Crippen LogP contribution in [0.15, 0.2) is 36.2 Å². The predicted molar refractivity (Wildman–Crippen MR) is 107 cm³/mol. The van der Waals surface area contributed by atoms with Gasteiger partial charge in [0.2, 0.25) is 10.0 Å². The first kappa shape index (κ1) is 21.4. The van der Waals surface area contributed by atoms with Gasteiger partial charge < -0.3 is 10.5 Å². The van der Waals surface area contributed by atoms with E-state index in [2.05, 4.69) is 16.3 Å². The van der Waals surface area contributed by atoms with E-state index in [1.807, 2.05) is 0 Å². The maximum Gasteiger partial charge on any atom is 0.303 e. The summed E-state index contributed by atoms with van der Waals surface area (Å²) in [5.74, 6) is -0.443. The van der Waals surface area contributed by atoms with Crippen LogP contribution in [-0.4, -0.2) is 19.4 Å². The van der Waals surface area contributed by atoms with Crippen LogP contribution >= 0.6 is 22.9 Å². The van der Waals surface area contributed by atoms with Gasteiger partial charge in [-0.25, -0.2) is 13.4 Å². The number of benzene rings is 1. The van der Waals surface area contributed by atoms with Crippen LogP contribution in [0, 0.1) is 0 Å². The first-order valence-corrected chi connectivity index (χ1v) is 10.7. The van der Waals surface area contributed by atoms with Crippen molar-refractivity contribution in [1.82, 2.24) is 4.98 Å². The molecule has 2 rings (SSSR count). The molecule has 0 amide bonds. The number of carbonyl (C=O) groups is 1. The van der Waals surface area contributed by atoms with Crippen molar-refractivity contribution in [2.75, 3.05) is 4.72 Å². The first-order valence-electron chi connectivity index (χ1n) is 7.93. The number of anilines is 1. The zero-order valence-corrected chi connectivity index (χ0v) is 17.2. The van der Waals surface area contributed by atoms with Gasteiger partial charge in [0.15, 0.2) is 5.13 Å². The number of sulfonamides is 1. The molecule has 7 nitrogen and oxygen atoms in total. The maximum absolute atomic E-state index is 12.9. The van der Waals surface area contributed by atoms with Crippen LogP contribution in [0.3, 0.4) is 0 Å². The van der Waals surface area contributed by atoms with E-state index in [1.54, 1.807) is 30.5 Å². The van der Waals surface area contributed by atoms with Crippen LogP contribution in [0.1, 0.15) is 42.0 Å². The van der Waals surface area contributed by atoms with Crippen molar-refractivity contribution in [2.24, 2.45) is 5.73 Å². The molecule has 2 atom stereocenters. The van der Waals surface area contributed by atoms with Gasteiger partial charge in [-0.3, -0.25) is 9.52 Å². The zero-order chi connectivity index (χ0) is 20.2. The Hall–Kier alpha value is -1.94. The fraction of sp³-hybridized carbons (Fsp3) is 0.294. The van der Waals surface area contributed by atoms with Crippen molar-refractivity contribution in [1.29, 1.82) is 0 Å². The maximum atomic E-state index is 12.9. The van der Waals surface area contributed by atoms with E-state index in [4.69, 9.17) is 22.1 Å². The summed E-state index contributed by atoms with van der Waals surface area (Å²) in [6.45, 7) is 6.73. The second-order valence-electron chi connectivity index (χ2n) is 5.68. The standard InChI is InChI=1S/C17H20ClN3O4S2/c1-4-16(14-6-5-13(18)7-12(14)8-19)27(23,24)21-17-20-15(9-26-17)10(2)25-11(3)22/h4-7,9-10,16H,1,8,19H2,2-3H3,(H,20,21). The Bertz CT molecular complexity index is 943. The lowest BCUT2D eigenvalue weighted by atomic mass is 10.0. The monoisotopic (exact) mass is 429 g/mol. The molecule has 10 heteroatoms. The summed E-state index contributed by atoms with van der Waals surface area (Å²) < 4.78 is 33.2. The Balaban J connectivity index is 2.28. The number of hydrogen-bond acceptors (Lipinski definition) is 7. The minimum Gasteiger partial charge on any atom is -0.456 e. The molecule has 0 saturated carbocycles. The molecule has 27 heavy (non-hydrogen) atoms. The Morgan fingerprint density at radius 3 is 2.81 bits per heavy atom. The lowest BCUT2D eigenvalue weighted by Gasteiger charge is -2.18. The van der Waals surface area contributed by atoms with Crippen LogP contribution in [0.5, 0.6) is 0 Å². The Morgan fingerprint density at radius 2 is 2.22 bits per heavy atom. The lowest BCUT2D eigenvalue weighted by Crippen LogP contribution is -2.21. The predicted octanol–water partition coefficient (Wildman–Crippen LogP) is 3.55. The van der Waals surface area contributed by atoms with Gasteiger partial charge in [0.05, 0.1) is 5.69 Å². The number of hydrogen-bond donors (Lipinski definition) is 2. The van der Waals surface area contributed by atoms with E-state index < -0.39 is 27.3 Å². The smallest absolute Gasteiger partial charge is 0.303 e. The Labute approximate surface area is 167 Å². The van der Waals surface area contributed by atoms with Crippen LogP contribution in [0.4, 0.5) is 5.13 Å². The molecule has 2 aromatic rings. The summed E-state index contributed by atoms with van der Waals surface area (Å²) in [4.78, 5) is 15.2. The van der Waals surface area contributed by atoms with Gasteiger partial charge in [0.1, 0.15) is 11.4 Å². The van der Waals surface area contributed by atoms with Crippen LogP contribution in [0.2, 0.25) is 5.02 Å². The molecule has 0 aliphatic heterocycles. The van der Waals surface area contributed by atoms with E-state index in [0.29, 0.717) is 21.8 Å². The third-order valence-electron chi connectivity index (χ3n) is 3.69. The second kappa shape index (κ2) is 8.83. The highest BCUT2D eigenvalue weighted by molar-refractivity contribution is 7.93. The van der Waals surface area contributed by atoms with Crippen molar-refractivity contribution >= 4 is 44.1 Å². The van der Waals surface area contributed by atoms with Crippen molar-refractivity contribution < 1.29 is 17.9 Å².